The molecule has 1 aromatic rings. The molecule has 1 fully saturated rings. The van der Waals surface area contributed by atoms with Gasteiger partial charge < -0.3 is 5.11 Å². The lowest BCUT2D eigenvalue weighted by Gasteiger charge is -2.34. The molecule has 1 unspecified atom stereocenters. The van der Waals surface area contributed by atoms with E-state index in [-0.39, 0.29) is 19.0 Å². The van der Waals surface area contributed by atoms with E-state index in [1.165, 1.54) is 24.8 Å². The number of likely N-dealkylation sites (tertiary alicyclic amines) is 1. The summed E-state index contributed by atoms with van der Waals surface area (Å²) in [6.45, 7) is 2.53. The molecular formula is C14H21Cl2NO. The summed E-state index contributed by atoms with van der Waals surface area (Å²) < 4.78 is 0. The van der Waals surface area contributed by atoms with Crippen molar-refractivity contribution in [2.45, 2.75) is 31.7 Å². The van der Waals surface area contributed by atoms with Crippen LogP contribution in [0.25, 0.3) is 0 Å². The number of rotatable bonds is 4. The van der Waals surface area contributed by atoms with E-state index in [1.807, 2.05) is 12.1 Å². The fourth-order valence-electron chi connectivity index (χ4n) is 2.60. The molecule has 1 atom stereocenters. The van der Waals surface area contributed by atoms with E-state index in [2.05, 4.69) is 17.0 Å². The lowest BCUT2D eigenvalue weighted by Crippen LogP contribution is -2.34. The highest BCUT2D eigenvalue weighted by Crippen LogP contribution is 2.28. The van der Waals surface area contributed by atoms with Gasteiger partial charge in [-0.3, -0.25) is 4.90 Å². The molecule has 1 aliphatic rings. The van der Waals surface area contributed by atoms with Gasteiger partial charge in [0.25, 0.3) is 0 Å². The van der Waals surface area contributed by atoms with Crippen molar-refractivity contribution in [3.63, 3.8) is 0 Å². The second kappa shape index (κ2) is 8.00. The first-order valence-electron chi connectivity index (χ1n) is 6.41. The molecule has 2 nitrogen and oxygen atoms in total. The third kappa shape index (κ3) is 4.13. The highest BCUT2D eigenvalue weighted by Gasteiger charge is 2.21. The number of aliphatic hydroxyl groups is 1. The minimum absolute atomic E-state index is 0. The molecule has 1 aliphatic heterocycles. The van der Waals surface area contributed by atoms with Crippen molar-refractivity contribution in [2.24, 2.45) is 0 Å². The number of hydrogen-bond donors (Lipinski definition) is 1. The highest BCUT2D eigenvalue weighted by atomic mass is 35.5. The smallest absolute Gasteiger partial charge is 0.0449 e. The van der Waals surface area contributed by atoms with E-state index in [9.17, 15) is 5.11 Å². The molecule has 1 heterocycles. The van der Waals surface area contributed by atoms with E-state index in [4.69, 9.17) is 11.6 Å². The van der Waals surface area contributed by atoms with Crippen LogP contribution in [-0.4, -0.2) is 29.7 Å². The monoisotopic (exact) mass is 289 g/mol. The Kier molecular flexibility index (Phi) is 7.02. The van der Waals surface area contributed by atoms with Gasteiger partial charge in [0.2, 0.25) is 0 Å². The maximum atomic E-state index is 9.23. The van der Waals surface area contributed by atoms with E-state index >= 15 is 0 Å². The average molecular weight is 290 g/mol. The van der Waals surface area contributed by atoms with E-state index in [0.29, 0.717) is 6.04 Å². The molecule has 0 saturated carbocycles. The van der Waals surface area contributed by atoms with Gasteiger partial charge in [-0.15, -0.1) is 12.4 Å². The van der Waals surface area contributed by atoms with E-state index in [1.54, 1.807) is 0 Å². The molecule has 18 heavy (non-hydrogen) atoms. The molecule has 1 N–H and O–H groups in total. The minimum atomic E-state index is 0. The summed E-state index contributed by atoms with van der Waals surface area (Å²) in [5.74, 6) is 0. The number of halogens is 2. The van der Waals surface area contributed by atoms with Gasteiger partial charge in [0, 0.05) is 17.7 Å². The first-order chi connectivity index (χ1) is 8.31. The highest BCUT2D eigenvalue weighted by molar-refractivity contribution is 6.30. The van der Waals surface area contributed by atoms with E-state index in [0.717, 1.165) is 24.5 Å². The molecule has 1 saturated heterocycles. The van der Waals surface area contributed by atoms with Gasteiger partial charge in [0.15, 0.2) is 0 Å². The molecule has 0 spiro atoms. The van der Waals surface area contributed by atoms with Crippen molar-refractivity contribution in [1.82, 2.24) is 4.90 Å². The Morgan fingerprint density at radius 1 is 1.11 bits per heavy atom. The van der Waals surface area contributed by atoms with Crippen LogP contribution in [0.1, 0.15) is 37.3 Å². The zero-order valence-electron chi connectivity index (χ0n) is 10.5. The van der Waals surface area contributed by atoms with Crippen LogP contribution in [0, 0.1) is 0 Å². The second-order valence-corrected chi connectivity index (χ2v) is 5.11. The Balaban J connectivity index is 0.00000162. The Morgan fingerprint density at radius 2 is 1.72 bits per heavy atom. The van der Waals surface area contributed by atoms with Gasteiger partial charge in [-0.1, -0.05) is 30.2 Å². The standard InChI is InChI=1S/C14H20ClNO.ClH/c15-13-6-4-12(5-7-13)14(8-11-17)16-9-2-1-3-10-16;/h4-7,14,17H,1-3,8-11H2;1H. The summed E-state index contributed by atoms with van der Waals surface area (Å²) in [5, 5.41) is 10.0. The summed E-state index contributed by atoms with van der Waals surface area (Å²) in [6, 6.07) is 8.38. The molecule has 0 aliphatic carbocycles. The quantitative estimate of drug-likeness (QED) is 0.914. The largest absolute Gasteiger partial charge is 0.396 e. The van der Waals surface area contributed by atoms with Crippen molar-refractivity contribution in [1.29, 1.82) is 0 Å². The Labute approximate surface area is 120 Å². The van der Waals surface area contributed by atoms with Crippen LogP contribution >= 0.6 is 24.0 Å². The molecule has 102 valence electrons. The topological polar surface area (TPSA) is 23.5 Å². The number of benzene rings is 1. The molecule has 2 rings (SSSR count). The fourth-order valence-corrected chi connectivity index (χ4v) is 2.72. The number of piperidine rings is 1. The molecule has 0 aromatic heterocycles. The normalized spacial score (nSPS) is 18.1. The molecule has 0 bridgehead atoms. The third-order valence-electron chi connectivity index (χ3n) is 3.49. The van der Waals surface area contributed by atoms with Crippen LogP contribution in [0.15, 0.2) is 24.3 Å². The molecule has 0 amide bonds. The fraction of sp³-hybridized carbons (Fsp3) is 0.571. The minimum Gasteiger partial charge on any atom is -0.396 e. The second-order valence-electron chi connectivity index (χ2n) is 4.68. The van der Waals surface area contributed by atoms with E-state index < -0.39 is 0 Å². The van der Waals surface area contributed by atoms with Crippen molar-refractivity contribution >= 4 is 24.0 Å². The zero-order valence-corrected chi connectivity index (χ0v) is 12.1. The predicted octanol–water partition coefficient (Wildman–Crippen LogP) is 3.67. The van der Waals surface area contributed by atoms with Crippen LogP contribution in [0.5, 0.6) is 0 Å². The number of nitrogens with zero attached hydrogens (tertiary/aromatic N) is 1. The van der Waals surface area contributed by atoms with Crippen molar-refractivity contribution in [3.05, 3.63) is 34.9 Å². The summed E-state index contributed by atoms with van der Waals surface area (Å²) in [6.07, 6.45) is 4.69. The summed E-state index contributed by atoms with van der Waals surface area (Å²) in [7, 11) is 0. The number of aliphatic hydroxyl groups excluding tert-OH is 1. The molecule has 0 radical (unpaired) electrons. The van der Waals surface area contributed by atoms with Gasteiger partial charge >= 0.3 is 0 Å². The average Bonchev–Trinajstić information content (AvgIpc) is 2.38. The zero-order chi connectivity index (χ0) is 12.1. The first kappa shape index (κ1) is 15.8. The first-order valence-corrected chi connectivity index (χ1v) is 6.79. The Morgan fingerprint density at radius 3 is 2.28 bits per heavy atom. The SMILES string of the molecule is Cl.OCCC(c1ccc(Cl)cc1)N1CCCCC1. The predicted molar refractivity (Wildman–Crippen MR) is 78.6 cm³/mol. The van der Waals surface area contributed by atoms with Crippen molar-refractivity contribution < 1.29 is 5.11 Å². The van der Waals surface area contributed by atoms with Crippen LogP contribution in [0.3, 0.4) is 0 Å². The Bertz CT molecular complexity index is 336. The van der Waals surface area contributed by atoms with Gasteiger partial charge in [-0.25, -0.2) is 0 Å². The van der Waals surface area contributed by atoms with Crippen molar-refractivity contribution in [2.75, 3.05) is 19.7 Å². The summed E-state index contributed by atoms with van der Waals surface area (Å²) >= 11 is 5.92. The lowest BCUT2D eigenvalue weighted by molar-refractivity contribution is 0.133. The molecule has 4 heteroatoms. The molecular weight excluding hydrogens is 269 g/mol. The maximum absolute atomic E-state index is 9.23. The van der Waals surface area contributed by atoms with Crippen molar-refractivity contribution in [3.8, 4) is 0 Å². The van der Waals surface area contributed by atoms with Gasteiger partial charge in [0.1, 0.15) is 0 Å². The summed E-state index contributed by atoms with van der Waals surface area (Å²) in [4.78, 5) is 2.49. The van der Waals surface area contributed by atoms with Gasteiger partial charge in [-0.05, 0) is 50.0 Å². The van der Waals surface area contributed by atoms with Gasteiger partial charge in [0.05, 0.1) is 0 Å². The van der Waals surface area contributed by atoms with Gasteiger partial charge in [-0.2, -0.15) is 0 Å². The van der Waals surface area contributed by atoms with Crippen LogP contribution in [0.2, 0.25) is 5.02 Å². The Hall–Kier alpha value is -0.280. The summed E-state index contributed by atoms with van der Waals surface area (Å²) in [5.41, 5.74) is 1.27. The maximum Gasteiger partial charge on any atom is 0.0449 e. The lowest BCUT2D eigenvalue weighted by atomic mass is 9.99. The molecule has 1 aromatic carbocycles. The van der Waals surface area contributed by atoms with Crippen LogP contribution < -0.4 is 0 Å². The van der Waals surface area contributed by atoms with Crippen LogP contribution in [0.4, 0.5) is 0 Å². The third-order valence-corrected chi connectivity index (χ3v) is 3.74. The van der Waals surface area contributed by atoms with Crippen LogP contribution in [-0.2, 0) is 0 Å². The number of hydrogen-bond acceptors (Lipinski definition) is 2.